The number of benzene rings is 3. The highest BCUT2D eigenvalue weighted by atomic mass is 16.3. The first-order chi connectivity index (χ1) is 14.3. The molecule has 0 amide bonds. The van der Waals surface area contributed by atoms with Gasteiger partial charge in [0.2, 0.25) is 0 Å². The average Bonchev–Trinajstić information content (AvgIpc) is 3.46. The van der Waals surface area contributed by atoms with Crippen molar-refractivity contribution in [1.82, 2.24) is 15.0 Å². The molecule has 1 fully saturated rings. The molecule has 1 aliphatic rings. The van der Waals surface area contributed by atoms with Gasteiger partial charge < -0.3 is 5.11 Å². The van der Waals surface area contributed by atoms with E-state index in [0.717, 1.165) is 35.0 Å². The van der Waals surface area contributed by atoms with Gasteiger partial charge in [0.1, 0.15) is 11.1 Å². The van der Waals surface area contributed by atoms with E-state index < -0.39 is 5.60 Å². The lowest BCUT2D eigenvalue weighted by atomic mass is 9.74. The Balaban J connectivity index is 1.78. The fraction of sp³-hybridized carbons (Fsp3) is 0.280. The van der Waals surface area contributed by atoms with E-state index in [-0.39, 0.29) is 6.04 Å². The molecule has 4 heteroatoms. The molecule has 29 heavy (non-hydrogen) atoms. The van der Waals surface area contributed by atoms with Crippen molar-refractivity contribution in [1.29, 1.82) is 0 Å². The molecule has 1 heterocycles. The molecule has 1 atom stereocenters. The molecule has 4 aromatic rings. The number of fused-ring (bicyclic) bond motifs is 1. The van der Waals surface area contributed by atoms with Gasteiger partial charge in [0, 0.05) is 0 Å². The fourth-order valence-corrected chi connectivity index (χ4v) is 4.98. The average molecular weight is 383 g/mol. The lowest BCUT2D eigenvalue weighted by molar-refractivity contribution is -0.00790. The summed E-state index contributed by atoms with van der Waals surface area (Å²) in [6.07, 6.45) is 4.54. The molecule has 1 N–H and O–H groups in total. The molecule has 4 nitrogen and oxygen atoms in total. The highest BCUT2D eigenvalue weighted by Gasteiger charge is 2.47. The van der Waals surface area contributed by atoms with Gasteiger partial charge in [-0.2, -0.15) is 0 Å². The summed E-state index contributed by atoms with van der Waals surface area (Å²) in [6.45, 7) is 0. The Hall–Kier alpha value is -2.98. The number of hydrogen-bond acceptors (Lipinski definition) is 3. The van der Waals surface area contributed by atoms with Crippen LogP contribution in [0.3, 0.4) is 0 Å². The van der Waals surface area contributed by atoms with E-state index in [0.29, 0.717) is 5.92 Å². The minimum absolute atomic E-state index is 0.234. The Morgan fingerprint density at radius 2 is 1.34 bits per heavy atom. The molecule has 0 radical (unpaired) electrons. The molecule has 1 unspecified atom stereocenters. The molecule has 5 rings (SSSR count). The number of nitrogens with zero attached hydrogens (tertiary/aromatic N) is 3. The van der Waals surface area contributed by atoms with E-state index in [1.165, 1.54) is 12.8 Å². The maximum atomic E-state index is 12.5. The van der Waals surface area contributed by atoms with Crippen molar-refractivity contribution in [3.63, 3.8) is 0 Å². The van der Waals surface area contributed by atoms with Crippen LogP contribution in [-0.2, 0) is 5.60 Å². The molecule has 146 valence electrons. The molecule has 0 aliphatic heterocycles. The van der Waals surface area contributed by atoms with Crippen molar-refractivity contribution in [2.75, 3.05) is 0 Å². The standard InChI is InChI=1S/C25H25N3O/c29-25(20-13-3-1-4-14-20,21-15-5-2-6-16-21)24(19-11-7-8-12-19)28-23-18-10-9-17-22(23)26-27-28/h1-6,9-10,13-19,24,29H,7-8,11-12H2. The second-order valence-corrected chi connectivity index (χ2v) is 8.01. The SMILES string of the molecule is OC(c1ccccc1)(c1ccccc1)C(C1CCCC1)n1nnc2ccccc21. The van der Waals surface area contributed by atoms with Gasteiger partial charge in [-0.05, 0) is 42.0 Å². The minimum atomic E-state index is -1.20. The predicted octanol–water partition coefficient (Wildman–Crippen LogP) is 5.10. The smallest absolute Gasteiger partial charge is 0.137 e. The van der Waals surface area contributed by atoms with Gasteiger partial charge in [-0.1, -0.05) is 90.9 Å². The van der Waals surface area contributed by atoms with Crippen LogP contribution in [0.25, 0.3) is 11.0 Å². The van der Waals surface area contributed by atoms with Crippen LogP contribution >= 0.6 is 0 Å². The van der Waals surface area contributed by atoms with E-state index in [1.54, 1.807) is 0 Å². The Morgan fingerprint density at radius 3 is 1.97 bits per heavy atom. The van der Waals surface area contributed by atoms with Crippen molar-refractivity contribution in [3.05, 3.63) is 96.1 Å². The zero-order chi connectivity index (χ0) is 19.7. The molecule has 0 saturated heterocycles. The number of aromatic nitrogens is 3. The highest BCUT2D eigenvalue weighted by Crippen LogP contribution is 2.48. The molecule has 0 bridgehead atoms. The van der Waals surface area contributed by atoms with Crippen LogP contribution < -0.4 is 0 Å². The Bertz CT molecular complexity index is 1050. The zero-order valence-electron chi connectivity index (χ0n) is 16.4. The molecule has 0 spiro atoms. The maximum absolute atomic E-state index is 12.5. The second-order valence-electron chi connectivity index (χ2n) is 8.01. The Labute approximate surface area is 170 Å². The third-order valence-electron chi connectivity index (χ3n) is 6.34. The summed E-state index contributed by atoms with van der Waals surface area (Å²) in [6, 6.07) is 27.8. The maximum Gasteiger partial charge on any atom is 0.137 e. The van der Waals surface area contributed by atoms with E-state index in [1.807, 2.05) is 89.6 Å². The summed E-state index contributed by atoms with van der Waals surface area (Å²) < 4.78 is 1.98. The molecular weight excluding hydrogens is 358 g/mol. The van der Waals surface area contributed by atoms with Crippen LogP contribution in [0.1, 0.15) is 42.9 Å². The minimum Gasteiger partial charge on any atom is -0.378 e. The van der Waals surface area contributed by atoms with E-state index in [2.05, 4.69) is 10.3 Å². The first-order valence-electron chi connectivity index (χ1n) is 10.4. The quantitative estimate of drug-likeness (QED) is 0.522. The topological polar surface area (TPSA) is 50.9 Å². The lowest BCUT2D eigenvalue weighted by Gasteiger charge is -2.40. The van der Waals surface area contributed by atoms with Gasteiger partial charge >= 0.3 is 0 Å². The van der Waals surface area contributed by atoms with Gasteiger partial charge in [0.15, 0.2) is 0 Å². The summed E-state index contributed by atoms with van der Waals surface area (Å²) in [5.41, 5.74) is 2.41. The first kappa shape index (κ1) is 18.1. The Morgan fingerprint density at radius 1 is 0.793 bits per heavy atom. The fourth-order valence-electron chi connectivity index (χ4n) is 4.98. The summed E-state index contributed by atoms with van der Waals surface area (Å²) >= 11 is 0. The molecule has 1 saturated carbocycles. The first-order valence-corrected chi connectivity index (χ1v) is 10.4. The zero-order valence-corrected chi connectivity index (χ0v) is 16.4. The molecule has 1 aliphatic carbocycles. The van der Waals surface area contributed by atoms with Crippen LogP contribution in [0.2, 0.25) is 0 Å². The van der Waals surface area contributed by atoms with Crippen molar-refractivity contribution in [2.24, 2.45) is 5.92 Å². The summed E-state index contributed by atoms with van der Waals surface area (Å²) in [5.74, 6) is 0.325. The number of aliphatic hydroxyl groups is 1. The van der Waals surface area contributed by atoms with Crippen molar-refractivity contribution in [2.45, 2.75) is 37.3 Å². The van der Waals surface area contributed by atoms with Gasteiger partial charge in [0.05, 0.1) is 11.6 Å². The van der Waals surface area contributed by atoms with Crippen LogP contribution in [0.5, 0.6) is 0 Å². The Kier molecular flexibility index (Phi) is 4.64. The van der Waals surface area contributed by atoms with E-state index in [9.17, 15) is 5.11 Å². The molecule has 3 aromatic carbocycles. The van der Waals surface area contributed by atoms with E-state index in [4.69, 9.17) is 0 Å². The van der Waals surface area contributed by atoms with Crippen LogP contribution in [0.15, 0.2) is 84.9 Å². The summed E-state index contributed by atoms with van der Waals surface area (Å²) in [7, 11) is 0. The third-order valence-corrected chi connectivity index (χ3v) is 6.34. The van der Waals surface area contributed by atoms with Crippen LogP contribution in [-0.4, -0.2) is 20.1 Å². The summed E-state index contributed by atoms with van der Waals surface area (Å²) in [5, 5.41) is 21.5. The molecule has 1 aromatic heterocycles. The number of para-hydroxylation sites is 1. The van der Waals surface area contributed by atoms with Crippen molar-refractivity contribution in [3.8, 4) is 0 Å². The van der Waals surface area contributed by atoms with Gasteiger partial charge in [-0.3, -0.25) is 0 Å². The number of hydrogen-bond donors (Lipinski definition) is 1. The van der Waals surface area contributed by atoms with Gasteiger partial charge in [-0.15, -0.1) is 5.10 Å². The predicted molar refractivity (Wildman–Crippen MR) is 114 cm³/mol. The number of rotatable bonds is 5. The second kappa shape index (κ2) is 7.45. The van der Waals surface area contributed by atoms with Gasteiger partial charge in [-0.25, -0.2) is 4.68 Å². The molecular formula is C25H25N3O. The summed E-state index contributed by atoms with van der Waals surface area (Å²) in [4.78, 5) is 0. The van der Waals surface area contributed by atoms with Crippen molar-refractivity contribution < 1.29 is 5.11 Å². The lowest BCUT2D eigenvalue weighted by Crippen LogP contribution is -2.42. The highest BCUT2D eigenvalue weighted by molar-refractivity contribution is 5.74. The monoisotopic (exact) mass is 383 g/mol. The van der Waals surface area contributed by atoms with E-state index >= 15 is 0 Å². The largest absolute Gasteiger partial charge is 0.378 e. The van der Waals surface area contributed by atoms with Gasteiger partial charge in [0.25, 0.3) is 0 Å². The van der Waals surface area contributed by atoms with Crippen LogP contribution in [0, 0.1) is 5.92 Å². The third kappa shape index (κ3) is 3.04. The van der Waals surface area contributed by atoms with Crippen LogP contribution in [0.4, 0.5) is 0 Å². The van der Waals surface area contributed by atoms with Crippen molar-refractivity contribution >= 4 is 11.0 Å². The normalized spacial score (nSPS) is 16.3.